The van der Waals surface area contributed by atoms with Crippen LogP contribution in [0.5, 0.6) is 5.75 Å². The second-order valence-electron chi connectivity index (χ2n) is 7.81. The van der Waals surface area contributed by atoms with Crippen LogP contribution < -0.4 is 30.7 Å². The lowest BCUT2D eigenvalue weighted by Gasteiger charge is -2.21. The number of methoxy groups -OCH3 is 1. The monoisotopic (exact) mass is 445 g/mol. The maximum atomic E-state index is 12.0. The zero-order valence-electron chi connectivity index (χ0n) is 19.1. The van der Waals surface area contributed by atoms with Crippen LogP contribution >= 0.6 is 0 Å². The van der Waals surface area contributed by atoms with Gasteiger partial charge in [-0.1, -0.05) is 12.6 Å². The highest BCUT2D eigenvalue weighted by molar-refractivity contribution is 6.02. The fourth-order valence-electron chi connectivity index (χ4n) is 3.71. The van der Waals surface area contributed by atoms with E-state index in [0.29, 0.717) is 22.9 Å². The molecule has 9 nitrogen and oxygen atoms in total. The second kappa shape index (κ2) is 9.17. The zero-order chi connectivity index (χ0) is 23.5. The molecule has 2 aromatic carbocycles. The van der Waals surface area contributed by atoms with Crippen LogP contribution in [-0.4, -0.2) is 44.1 Å². The minimum absolute atomic E-state index is 0.296. The number of nitrogens with zero attached hydrogens (tertiary/aromatic N) is 4. The van der Waals surface area contributed by atoms with Crippen LogP contribution in [-0.2, 0) is 11.3 Å². The molecule has 0 unspecified atom stereocenters. The molecule has 0 fully saturated rings. The normalized spacial score (nSPS) is 12.2. The smallest absolute Gasteiger partial charge is 0.247 e. The van der Waals surface area contributed by atoms with Gasteiger partial charge in [0, 0.05) is 45.4 Å². The first kappa shape index (κ1) is 22.1. The predicted molar refractivity (Wildman–Crippen MR) is 132 cm³/mol. The van der Waals surface area contributed by atoms with Crippen LogP contribution in [0.2, 0.25) is 0 Å². The number of carbonyl (C=O) groups is 1. The molecule has 0 aliphatic carbocycles. The van der Waals surface area contributed by atoms with Crippen molar-refractivity contribution in [2.24, 2.45) is 0 Å². The molecule has 3 aromatic rings. The highest BCUT2D eigenvalue weighted by Crippen LogP contribution is 2.38. The average Bonchev–Trinajstić information content (AvgIpc) is 3.19. The molecule has 170 valence electrons. The third-order valence-electron chi connectivity index (χ3n) is 5.42. The number of hydrazine groups is 1. The molecule has 1 aliphatic heterocycles. The average molecular weight is 446 g/mol. The van der Waals surface area contributed by atoms with Crippen molar-refractivity contribution in [3.63, 3.8) is 0 Å². The van der Waals surface area contributed by atoms with Gasteiger partial charge < -0.3 is 25.3 Å². The molecule has 33 heavy (non-hydrogen) atoms. The first-order chi connectivity index (χ1) is 15.9. The molecule has 1 aromatic heterocycles. The predicted octanol–water partition coefficient (Wildman–Crippen LogP) is 3.54. The van der Waals surface area contributed by atoms with Crippen molar-refractivity contribution < 1.29 is 9.53 Å². The number of anilines is 5. The molecule has 1 amide bonds. The van der Waals surface area contributed by atoms with E-state index in [1.54, 1.807) is 7.11 Å². The Balaban J connectivity index is 1.67. The molecule has 0 spiro atoms. The Morgan fingerprint density at radius 3 is 2.76 bits per heavy atom. The van der Waals surface area contributed by atoms with Gasteiger partial charge >= 0.3 is 0 Å². The van der Waals surface area contributed by atoms with Crippen molar-refractivity contribution in [1.82, 2.24) is 15.4 Å². The van der Waals surface area contributed by atoms with Gasteiger partial charge in [0.2, 0.25) is 5.91 Å². The summed E-state index contributed by atoms with van der Waals surface area (Å²) in [6, 6.07) is 11.8. The minimum Gasteiger partial charge on any atom is -0.494 e. The van der Waals surface area contributed by atoms with Crippen molar-refractivity contribution in [2.75, 3.05) is 48.8 Å². The van der Waals surface area contributed by atoms with E-state index in [0.717, 1.165) is 29.2 Å². The van der Waals surface area contributed by atoms with E-state index < -0.39 is 0 Å². The van der Waals surface area contributed by atoms with Gasteiger partial charge in [0.25, 0.3) is 0 Å². The molecular formula is C24H27N7O2. The molecule has 9 heteroatoms. The number of fused-ring (bicyclic) bond motifs is 1. The summed E-state index contributed by atoms with van der Waals surface area (Å²) in [6.45, 7) is 4.31. The van der Waals surface area contributed by atoms with Gasteiger partial charge in [0.15, 0.2) is 0 Å². The van der Waals surface area contributed by atoms with Gasteiger partial charge in [-0.25, -0.2) is 15.4 Å². The number of amides is 1. The molecule has 0 saturated carbocycles. The van der Waals surface area contributed by atoms with E-state index in [4.69, 9.17) is 4.74 Å². The van der Waals surface area contributed by atoms with E-state index in [1.165, 1.54) is 18.0 Å². The molecule has 4 rings (SSSR count). The highest BCUT2D eigenvalue weighted by atomic mass is 16.5. The fraction of sp³-hybridized carbons (Fsp3) is 0.208. The standard InChI is InChI=1S/C24H27N7O2/c1-6-24(32)29-18-10-19(22(33-5)12-21(18)30(2)3)28-23-11-17(25-14-26-23)15-7-8-20-16(9-15)13-27-31(20)4/h6-12,14,27H,1,13H2,2-5H3,(H,29,32)(H,25,26,28). The molecule has 3 N–H and O–H groups in total. The Morgan fingerprint density at radius 1 is 1.21 bits per heavy atom. The Labute approximate surface area is 193 Å². The van der Waals surface area contributed by atoms with Gasteiger partial charge in [-0.15, -0.1) is 0 Å². The maximum Gasteiger partial charge on any atom is 0.247 e. The summed E-state index contributed by atoms with van der Waals surface area (Å²) < 4.78 is 5.59. The molecule has 0 bridgehead atoms. The lowest BCUT2D eigenvalue weighted by Crippen LogP contribution is -2.26. The Bertz CT molecular complexity index is 1210. The summed E-state index contributed by atoms with van der Waals surface area (Å²) in [5.74, 6) is 0.921. The summed E-state index contributed by atoms with van der Waals surface area (Å²) >= 11 is 0. The SMILES string of the molecule is C=CC(=O)Nc1cc(Nc2cc(-c3ccc4c(c3)CNN4C)ncn2)c(OC)cc1N(C)C. The van der Waals surface area contributed by atoms with Crippen LogP contribution in [0.1, 0.15) is 5.56 Å². The summed E-state index contributed by atoms with van der Waals surface area (Å²) in [4.78, 5) is 22.7. The van der Waals surface area contributed by atoms with Crippen molar-refractivity contribution in [3.8, 4) is 17.0 Å². The lowest BCUT2D eigenvalue weighted by atomic mass is 10.1. The van der Waals surface area contributed by atoms with Gasteiger partial charge in [-0.2, -0.15) is 0 Å². The van der Waals surface area contributed by atoms with Gasteiger partial charge in [-0.3, -0.25) is 4.79 Å². The number of nitrogens with one attached hydrogen (secondary N) is 3. The van der Waals surface area contributed by atoms with Gasteiger partial charge in [-0.05, 0) is 29.8 Å². The largest absolute Gasteiger partial charge is 0.494 e. The van der Waals surface area contributed by atoms with Crippen LogP contribution in [0.25, 0.3) is 11.3 Å². The van der Waals surface area contributed by atoms with Crippen molar-refractivity contribution >= 4 is 34.5 Å². The minimum atomic E-state index is -0.296. The first-order valence-corrected chi connectivity index (χ1v) is 10.4. The van der Waals surface area contributed by atoms with E-state index in [-0.39, 0.29) is 5.91 Å². The van der Waals surface area contributed by atoms with Crippen molar-refractivity contribution in [3.05, 3.63) is 60.9 Å². The number of ether oxygens (including phenoxy) is 1. The summed E-state index contributed by atoms with van der Waals surface area (Å²) in [7, 11) is 7.39. The van der Waals surface area contributed by atoms with E-state index in [2.05, 4.69) is 44.7 Å². The number of hydrogen-bond acceptors (Lipinski definition) is 8. The Hall–Kier alpha value is -4.11. The summed E-state index contributed by atoms with van der Waals surface area (Å²) in [6.07, 6.45) is 2.76. The molecule has 0 saturated heterocycles. The van der Waals surface area contributed by atoms with E-state index in [9.17, 15) is 4.79 Å². The van der Waals surface area contributed by atoms with Crippen LogP contribution in [0, 0.1) is 0 Å². The van der Waals surface area contributed by atoms with Gasteiger partial charge in [0.05, 0.1) is 35.6 Å². The lowest BCUT2D eigenvalue weighted by molar-refractivity contribution is -0.111. The molecule has 2 heterocycles. The molecule has 0 radical (unpaired) electrons. The third-order valence-corrected chi connectivity index (χ3v) is 5.42. The highest BCUT2D eigenvalue weighted by Gasteiger charge is 2.17. The Morgan fingerprint density at radius 2 is 2.03 bits per heavy atom. The van der Waals surface area contributed by atoms with E-state index >= 15 is 0 Å². The molecule has 0 atom stereocenters. The number of carbonyl (C=O) groups excluding carboxylic acids is 1. The number of benzene rings is 2. The van der Waals surface area contributed by atoms with Crippen molar-refractivity contribution in [2.45, 2.75) is 6.54 Å². The quantitative estimate of drug-likeness (QED) is 0.476. The Kier molecular flexibility index (Phi) is 6.14. The summed E-state index contributed by atoms with van der Waals surface area (Å²) in [5.41, 5.74) is 9.55. The van der Waals surface area contributed by atoms with Crippen LogP contribution in [0.4, 0.5) is 28.6 Å². The second-order valence-corrected chi connectivity index (χ2v) is 7.81. The van der Waals surface area contributed by atoms with Gasteiger partial charge in [0.1, 0.15) is 17.9 Å². The van der Waals surface area contributed by atoms with Crippen molar-refractivity contribution in [1.29, 1.82) is 0 Å². The summed E-state index contributed by atoms with van der Waals surface area (Å²) in [5, 5.41) is 8.16. The molecular weight excluding hydrogens is 418 g/mol. The topological polar surface area (TPSA) is 94.7 Å². The number of hydrogen-bond donors (Lipinski definition) is 3. The number of rotatable bonds is 7. The fourth-order valence-corrected chi connectivity index (χ4v) is 3.71. The first-order valence-electron chi connectivity index (χ1n) is 10.4. The number of aromatic nitrogens is 2. The van der Waals surface area contributed by atoms with Crippen LogP contribution in [0.15, 0.2) is 55.4 Å². The third kappa shape index (κ3) is 4.58. The van der Waals surface area contributed by atoms with Crippen LogP contribution in [0.3, 0.4) is 0 Å². The molecule has 1 aliphatic rings. The zero-order valence-corrected chi connectivity index (χ0v) is 19.1. The maximum absolute atomic E-state index is 12.0. The van der Waals surface area contributed by atoms with E-state index in [1.807, 2.05) is 55.3 Å².